The molecule has 0 bridgehead atoms. The number of hydrogen-bond acceptors (Lipinski definition) is 6. The molecule has 3 aromatic rings. The van der Waals surface area contributed by atoms with Gasteiger partial charge in [-0.25, -0.2) is 18.7 Å². The third-order valence-corrected chi connectivity index (χ3v) is 7.82. The summed E-state index contributed by atoms with van der Waals surface area (Å²) in [6.45, 7) is 8.24. The summed E-state index contributed by atoms with van der Waals surface area (Å²) in [5.41, 5.74) is 4.94. The molecule has 0 N–H and O–H groups in total. The van der Waals surface area contributed by atoms with Crippen molar-refractivity contribution in [1.82, 2.24) is 19.8 Å². The zero-order valence-corrected chi connectivity index (χ0v) is 23.7. The van der Waals surface area contributed by atoms with Crippen molar-refractivity contribution in [3.05, 3.63) is 70.7 Å². The van der Waals surface area contributed by atoms with E-state index in [9.17, 15) is 0 Å². The number of nitrogens with zero attached hydrogens (tertiary/aromatic N) is 5. The van der Waals surface area contributed by atoms with Crippen LogP contribution in [0.3, 0.4) is 0 Å². The molecule has 1 aromatic heterocycles. The minimum absolute atomic E-state index is 0.104. The van der Waals surface area contributed by atoms with E-state index in [2.05, 4.69) is 64.0 Å². The van der Waals surface area contributed by atoms with E-state index in [-0.39, 0.29) is 17.5 Å². The number of ether oxygens (including phenoxy) is 1. The summed E-state index contributed by atoms with van der Waals surface area (Å²) in [6.07, 6.45) is 3.99. The van der Waals surface area contributed by atoms with Gasteiger partial charge < -0.3 is 19.4 Å². The number of anilines is 1. The summed E-state index contributed by atoms with van der Waals surface area (Å²) in [6, 6.07) is 9.89. The number of halogens is 2. The van der Waals surface area contributed by atoms with Crippen LogP contribution in [0.4, 0.5) is 14.5 Å². The highest BCUT2D eigenvalue weighted by Gasteiger charge is 2.26. The second-order valence-corrected chi connectivity index (χ2v) is 11.4. The van der Waals surface area contributed by atoms with Crippen molar-refractivity contribution in [2.75, 3.05) is 52.3 Å². The van der Waals surface area contributed by atoms with Crippen LogP contribution >= 0.6 is 0 Å². The first kappa shape index (κ1) is 27.5. The summed E-state index contributed by atoms with van der Waals surface area (Å²) in [5, 5.41) is 0. The van der Waals surface area contributed by atoms with Crippen molar-refractivity contribution in [1.29, 1.82) is 0 Å². The van der Waals surface area contributed by atoms with Crippen LogP contribution in [0.1, 0.15) is 55.1 Å². The van der Waals surface area contributed by atoms with Crippen molar-refractivity contribution in [3.63, 3.8) is 0 Å². The Hall–Kier alpha value is -3.10. The summed E-state index contributed by atoms with van der Waals surface area (Å²) >= 11 is 0. The highest BCUT2D eigenvalue weighted by molar-refractivity contribution is 5.72. The van der Waals surface area contributed by atoms with Crippen molar-refractivity contribution in [2.24, 2.45) is 0 Å². The SMILES string of the molecule is CC(C)N1CCOc2c(F)cc(-c3nc(Cc4ccc(C5CCN(C)CC5)c(CN(C)C)c4)ncc3F)cc21. The van der Waals surface area contributed by atoms with Gasteiger partial charge in [0.25, 0.3) is 0 Å². The lowest BCUT2D eigenvalue weighted by Gasteiger charge is -2.34. The zero-order valence-electron chi connectivity index (χ0n) is 23.7. The molecule has 3 heterocycles. The van der Waals surface area contributed by atoms with E-state index < -0.39 is 11.6 Å². The fourth-order valence-corrected chi connectivity index (χ4v) is 5.81. The summed E-state index contributed by atoms with van der Waals surface area (Å²) in [4.78, 5) is 15.5. The first-order chi connectivity index (χ1) is 18.7. The molecule has 39 heavy (non-hydrogen) atoms. The number of piperidine rings is 1. The molecule has 0 unspecified atom stereocenters. The normalized spacial score (nSPS) is 16.6. The minimum Gasteiger partial charge on any atom is -0.486 e. The fourth-order valence-electron chi connectivity index (χ4n) is 5.81. The molecule has 2 aliphatic rings. The topological polar surface area (TPSA) is 44.7 Å². The van der Waals surface area contributed by atoms with Crippen LogP contribution in [0.15, 0.2) is 36.5 Å². The van der Waals surface area contributed by atoms with E-state index in [1.807, 2.05) is 13.8 Å². The van der Waals surface area contributed by atoms with E-state index in [4.69, 9.17) is 4.74 Å². The largest absolute Gasteiger partial charge is 0.486 e. The molecular formula is C31H39F2N5O. The quantitative estimate of drug-likeness (QED) is 0.399. The lowest BCUT2D eigenvalue weighted by molar-refractivity contribution is 0.254. The molecule has 1 fully saturated rings. The maximum Gasteiger partial charge on any atom is 0.178 e. The molecule has 0 atom stereocenters. The van der Waals surface area contributed by atoms with Crippen LogP contribution in [0.25, 0.3) is 11.3 Å². The molecule has 0 amide bonds. The molecule has 5 rings (SSSR count). The molecular weight excluding hydrogens is 496 g/mol. The van der Waals surface area contributed by atoms with Crippen LogP contribution in [-0.4, -0.2) is 73.2 Å². The van der Waals surface area contributed by atoms with Gasteiger partial charge in [-0.05, 0) is 95.7 Å². The molecule has 1 saturated heterocycles. The van der Waals surface area contributed by atoms with Crippen LogP contribution in [0, 0.1) is 11.6 Å². The van der Waals surface area contributed by atoms with Crippen LogP contribution in [-0.2, 0) is 13.0 Å². The Kier molecular flexibility index (Phi) is 8.14. The molecule has 0 saturated carbocycles. The van der Waals surface area contributed by atoms with E-state index >= 15 is 8.78 Å². The van der Waals surface area contributed by atoms with Crippen molar-refractivity contribution >= 4 is 5.69 Å². The summed E-state index contributed by atoms with van der Waals surface area (Å²) in [7, 11) is 6.36. The Labute approximate surface area is 230 Å². The first-order valence-electron chi connectivity index (χ1n) is 13.9. The highest BCUT2D eigenvalue weighted by Crippen LogP contribution is 2.39. The lowest BCUT2D eigenvalue weighted by Crippen LogP contribution is -2.38. The zero-order chi connectivity index (χ0) is 27.7. The number of benzene rings is 2. The standard InChI is InChI=1S/C31H39F2N5O/c1-20(2)38-12-13-39-31-26(32)16-23(17-28(31)38)30-27(33)18-34-29(35-30)15-21-6-7-25(24(14-21)19-36(3)4)22-8-10-37(5)11-9-22/h6-7,14,16-18,20,22H,8-13,15,19H2,1-5H3. The van der Waals surface area contributed by atoms with Crippen molar-refractivity contribution < 1.29 is 13.5 Å². The summed E-state index contributed by atoms with van der Waals surface area (Å²) < 4.78 is 35.7. The smallest absolute Gasteiger partial charge is 0.178 e. The molecule has 2 aromatic carbocycles. The molecule has 0 aliphatic carbocycles. The van der Waals surface area contributed by atoms with Gasteiger partial charge in [0.05, 0.1) is 18.4 Å². The number of likely N-dealkylation sites (tertiary alicyclic amines) is 1. The number of fused-ring (bicyclic) bond motifs is 1. The van der Waals surface area contributed by atoms with Gasteiger partial charge in [0.2, 0.25) is 0 Å². The monoisotopic (exact) mass is 535 g/mol. The average Bonchev–Trinajstić information content (AvgIpc) is 2.90. The van der Waals surface area contributed by atoms with Gasteiger partial charge in [0.15, 0.2) is 17.4 Å². The molecule has 0 spiro atoms. The van der Waals surface area contributed by atoms with Gasteiger partial charge in [-0.1, -0.05) is 18.2 Å². The maximum absolute atomic E-state index is 15.1. The Morgan fingerprint density at radius 1 is 1.05 bits per heavy atom. The van der Waals surface area contributed by atoms with E-state index in [0.717, 1.165) is 38.0 Å². The maximum atomic E-state index is 15.1. The van der Waals surface area contributed by atoms with Gasteiger partial charge in [-0.15, -0.1) is 0 Å². The lowest BCUT2D eigenvalue weighted by atomic mass is 9.85. The molecule has 208 valence electrons. The van der Waals surface area contributed by atoms with Crippen LogP contribution < -0.4 is 9.64 Å². The Balaban J connectivity index is 1.45. The third-order valence-electron chi connectivity index (χ3n) is 7.82. The van der Waals surface area contributed by atoms with Crippen molar-refractivity contribution in [3.8, 4) is 17.0 Å². The fraction of sp³-hybridized carbons (Fsp3) is 0.484. The van der Waals surface area contributed by atoms with Crippen LogP contribution in [0.2, 0.25) is 0 Å². The average molecular weight is 536 g/mol. The van der Waals surface area contributed by atoms with Gasteiger partial charge in [0, 0.05) is 24.6 Å². The van der Waals surface area contributed by atoms with E-state index in [0.29, 0.717) is 42.6 Å². The molecule has 8 heteroatoms. The molecule has 0 radical (unpaired) electrons. The molecule has 2 aliphatic heterocycles. The molecule has 6 nitrogen and oxygen atoms in total. The number of hydrogen-bond donors (Lipinski definition) is 0. The van der Waals surface area contributed by atoms with E-state index in [1.54, 1.807) is 6.07 Å². The number of rotatable bonds is 7. The predicted octanol–water partition coefficient (Wildman–Crippen LogP) is 5.49. The van der Waals surface area contributed by atoms with Crippen molar-refractivity contribution in [2.45, 2.75) is 51.6 Å². The predicted molar refractivity (Wildman–Crippen MR) is 151 cm³/mol. The van der Waals surface area contributed by atoms with Gasteiger partial charge in [-0.3, -0.25) is 0 Å². The highest BCUT2D eigenvalue weighted by atomic mass is 19.1. The van der Waals surface area contributed by atoms with E-state index in [1.165, 1.54) is 23.4 Å². The Bertz CT molecular complexity index is 1320. The first-order valence-corrected chi connectivity index (χ1v) is 13.9. The number of aromatic nitrogens is 2. The van der Waals surface area contributed by atoms with Gasteiger partial charge in [-0.2, -0.15) is 0 Å². The van der Waals surface area contributed by atoms with Crippen LogP contribution in [0.5, 0.6) is 5.75 Å². The Morgan fingerprint density at radius 3 is 2.54 bits per heavy atom. The second-order valence-electron chi connectivity index (χ2n) is 11.4. The minimum atomic E-state index is -0.572. The van der Waals surface area contributed by atoms with Gasteiger partial charge >= 0.3 is 0 Å². The van der Waals surface area contributed by atoms with Gasteiger partial charge in [0.1, 0.15) is 18.1 Å². The third kappa shape index (κ3) is 6.07. The Morgan fingerprint density at radius 2 is 1.82 bits per heavy atom. The summed E-state index contributed by atoms with van der Waals surface area (Å²) in [5.74, 6) is 0.199. The second kappa shape index (κ2) is 11.6.